The van der Waals surface area contributed by atoms with Gasteiger partial charge >= 0.3 is 0 Å². The Hall–Kier alpha value is -2.35. The molecule has 0 radical (unpaired) electrons. The van der Waals surface area contributed by atoms with E-state index in [9.17, 15) is 13.6 Å². The number of likely N-dealkylation sites (tertiary alicyclic amines) is 1. The van der Waals surface area contributed by atoms with Crippen LogP contribution in [-0.2, 0) is 11.3 Å². The number of imidazole rings is 1. The molecule has 8 heteroatoms. The van der Waals surface area contributed by atoms with Crippen molar-refractivity contribution in [3.8, 4) is 0 Å². The van der Waals surface area contributed by atoms with E-state index in [0.29, 0.717) is 32.3 Å². The summed E-state index contributed by atoms with van der Waals surface area (Å²) in [6.45, 7) is 2.21. The number of carbonyl (C=O) groups is 1. The Morgan fingerprint density at radius 1 is 1.40 bits per heavy atom. The van der Waals surface area contributed by atoms with Crippen LogP contribution in [0.3, 0.4) is 0 Å². The van der Waals surface area contributed by atoms with Gasteiger partial charge in [-0.05, 0) is 12.8 Å². The minimum atomic E-state index is -0.936. The van der Waals surface area contributed by atoms with Gasteiger partial charge in [0.2, 0.25) is 0 Å². The summed E-state index contributed by atoms with van der Waals surface area (Å²) in [5.41, 5.74) is -0.343. The van der Waals surface area contributed by atoms with Crippen molar-refractivity contribution in [3.05, 3.63) is 47.8 Å². The molecule has 0 aromatic carbocycles. The molecule has 0 aliphatic carbocycles. The van der Waals surface area contributed by atoms with Crippen LogP contribution in [0, 0.1) is 11.6 Å². The van der Waals surface area contributed by atoms with Crippen LogP contribution in [0.25, 0.3) is 0 Å². The van der Waals surface area contributed by atoms with Crippen LogP contribution in [0.2, 0.25) is 0 Å². The third-order valence-corrected chi connectivity index (χ3v) is 4.37. The second-order valence-electron chi connectivity index (χ2n) is 6.05. The van der Waals surface area contributed by atoms with Crippen LogP contribution in [0.5, 0.6) is 0 Å². The Kier molecular flexibility index (Phi) is 5.37. The molecule has 1 aliphatic heterocycles. The Balaban J connectivity index is 1.75. The van der Waals surface area contributed by atoms with E-state index < -0.39 is 17.5 Å². The number of pyridine rings is 1. The van der Waals surface area contributed by atoms with Crippen LogP contribution in [0.4, 0.5) is 8.78 Å². The predicted octanol–water partition coefficient (Wildman–Crippen LogP) is 2.22. The summed E-state index contributed by atoms with van der Waals surface area (Å²) < 4.78 is 34.0. The molecule has 1 saturated heterocycles. The molecular weight excluding hydrogens is 330 g/mol. The highest BCUT2D eigenvalue weighted by molar-refractivity contribution is 5.92. The molecule has 1 aliphatic rings. The Morgan fingerprint density at radius 3 is 3.00 bits per heavy atom. The molecule has 134 valence electrons. The van der Waals surface area contributed by atoms with E-state index >= 15 is 0 Å². The van der Waals surface area contributed by atoms with Crippen LogP contribution >= 0.6 is 0 Å². The molecule has 25 heavy (non-hydrogen) atoms. The summed E-state index contributed by atoms with van der Waals surface area (Å²) in [5, 5.41) is 0. The molecule has 1 unspecified atom stereocenters. The fourth-order valence-corrected chi connectivity index (χ4v) is 3.15. The SMILES string of the molecule is COCCn1ccnc1C1CCCN(C(=O)c2ncc(F)cc2F)C1. The maximum Gasteiger partial charge on any atom is 0.275 e. The monoisotopic (exact) mass is 350 g/mol. The minimum Gasteiger partial charge on any atom is -0.383 e. The van der Waals surface area contributed by atoms with Gasteiger partial charge in [0.25, 0.3) is 5.91 Å². The van der Waals surface area contributed by atoms with Crippen LogP contribution < -0.4 is 0 Å². The predicted molar refractivity (Wildman–Crippen MR) is 86.1 cm³/mol. The van der Waals surface area contributed by atoms with Gasteiger partial charge < -0.3 is 14.2 Å². The zero-order valence-electron chi connectivity index (χ0n) is 14.0. The maximum absolute atomic E-state index is 13.8. The van der Waals surface area contributed by atoms with Crippen molar-refractivity contribution in [3.63, 3.8) is 0 Å². The number of carbonyl (C=O) groups excluding carboxylic acids is 1. The van der Waals surface area contributed by atoms with Gasteiger partial charge in [-0.15, -0.1) is 0 Å². The molecule has 1 atom stereocenters. The van der Waals surface area contributed by atoms with Gasteiger partial charge in [0.05, 0.1) is 12.8 Å². The van der Waals surface area contributed by atoms with Crippen molar-refractivity contribution in [2.24, 2.45) is 0 Å². The second-order valence-corrected chi connectivity index (χ2v) is 6.05. The number of nitrogens with zero attached hydrogens (tertiary/aromatic N) is 4. The average Bonchev–Trinajstić information content (AvgIpc) is 3.08. The number of amides is 1. The quantitative estimate of drug-likeness (QED) is 0.830. The number of methoxy groups -OCH3 is 1. The van der Waals surface area contributed by atoms with Crippen LogP contribution in [0.15, 0.2) is 24.7 Å². The molecule has 2 aromatic heterocycles. The van der Waals surface area contributed by atoms with Gasteiger partial charge in [-0.2, -0.15) is 0 Å². The molecule has 3 heterocycles. The topological polar surface area (TPSA) is 60.2 Å². The Bertz CT molecular complexity index is 750. The fourth-order valence-electron chi connectivity index (χ4n) is 3.15. The maximum atomic E-state index is 13.8. The second kappa shape index (κ2) is 7.69. The zero-order chi connectivity index (χ0) is 17.8. The number of rotatable bonds is 5. The first-order valence-corrected chi connectivity index (χ1v) is 8.20. The Labute approximate surface area is 144 Å². The molecule has 0 spiro atoms. The number of halogens is 2. The van der Waals surface area contributed by atoms with Crippen molar-refractivity contribution in [2.45, 2.75) is 25.3 Å². The van der Waals surface area contributed by atoms with Crippen LogP contribution in [0.1, 0.15) is 35.1 Å². The third kappa shape index (κ3) is 3.84. The van der Waals surface area contributed by atoms with E-state index in [1.165, 1.54) is 0 Å². The third-order valence-electron chi connectivity index (χ3n) is 4.37. The summed E-state index contributed by atoms with van der Waals surface area (Å²) >= 11 is 0. The molecule has 6 nitrogen and oxygen atoms in total. The number of ether oxygens (including phenoxy) is 1. The molecule has 1 amide bonds. The lowest BCUT2D eigenvalue weighted by molar-refractivity contribution is 0.0691. The fraction of sp³-hybridized carbons (Fsp3) is 0.471. The van der Waals surface area contributed by atoms with Crippen molar-refractivity contribution in [1.29, 1.82) is 0 Å². The molecule has 1 fully saturated rings. The van der Waals surface area contributed by atoms with Crippen molar-refractivity contribution in [2.75, 3.05) is 26.8 Å². The lowest BCUT2D eigenvalue weighted by Gasteiger charge is -2.32. The normalized spacial score (nSPS) is 17.7. The summed E-state index contributed by atoms with van der Waals surface area (Å²) in [7, 11) is 1.64. The van der Waals surface area contributed by atoms with E-state index in [1.54, 1.807) is 18.2 Å². The number of piperidine rings is 1. The first kappa shape index (κ1) is 17.5. The lowest BCUT2D eigenvalue weighted by atomic mass is 9.96. The lowest BCUT2D eigenvalue weighted by Crippen LogP contribution is -2.40. The largest absolute Gasteiger partial charge is 0.383 e. The van der Waals surface area contributed by atoms with Crippen molar-refractivity contribution in [1.82, 2.24) is 19.4 Å². The molecule has 3 rings (SSSR count). The number of hydrogen-bond donors (Lipinski definition) is 0. The van der Waals surface area contributed by atoms with Gasteiger partial charge in [0.15, 0.2) is 11.5 Å². The average molecular weight is 350 g/mol. The first-order valence-electron chi connectivity index (χ1n) is 8.20. The van der Waals surface area contributed by atoms with E-state index in [2.05, 4.69) is 9.97 Å². The summed E-state index contributed by atoms with van der Waals surface area (Å²) in [6.07, 6.45) is 6.15. The number of hydrogen-bond acceptors (Lipinski definition) is 4. The summed E-state index contributed by atoms with van der Waals surface area (Å²) in [5.74, 6) is -1.30. The minimum absolute atomic E-state index is 0.0630. The van der Waals surface area contributed by atoms with E-state index in [-0.39, 0.29) is 11.6 Å². The van der Waals surface area contributed by atoms with Gasteiger partial charge in [0.1, 0.15) is 11.6 Å². The zero-order valence-corrected chi connectivity index (χ0v) is 14.0. The highest BCUT2D eigenvalue weighted by Gasteiger charge is 2.29. The molecular formula is C17H20F2N4O2. The molecule has 0 saturated carbocycles. The van der Waals surface area contributed by atoms with Crippen LogP contribution in [-0.4, -0.2) is 52.1 Å². The van der Waals surface area contributed by atoms with E-state index in [4.69, 9.17) is 4.74 Å². The smallest absolute Gasteiger partial charge is 0.275 e. The van der Waals surface area contributed by atoms with Gasteiger partial charge in [-0.3, -0.25) is 4.79 Å². The molecule has 0 bridgehead atoms. The van der Waals surface area contributed by atoms with E-state index in [0.717, 1.165) is 24.9 Å². The highest BCUT2D eigenvalue weighted by atomic mass is 19.1. The standard InChI is InChI=1S/C17H20F2N4O2/c1-25-8-7-22-6-4-20-16(22)12-3-2-5-23(11-12)17(24)15-14(19)9-13(18)10-21-15/h4,6,9-10,12H,2-3,5,7-8,11H2,1H3. The summed E-state index contributed by atoms with van der Waals surface area (Å²) in [6, 6.07) is 0.680. The van der Waals surface area contributed by atoms with Crippen molar-refractivity contribution >= 4 is 5.91 Å². The van der Waals surface area contributed by atoms with Gasteiger partial charge in [-0.1, -0.05) is 0 Å². The summed E-state index contributed by atoms with van der Waals surface area (Å²) in [4.78, 5) is 22.2. The van der Waals surface area contributed by atoms with Gasteiger partial charge in [0, 0.05) is 51.1 Å². The molecule has 0 N–H and O–H groups in total. The first-order chi connectivity index (χ1) is 12.1. The highest BCUT2D eigenvalue weighted by Crippen LogP contribution is 2.27. The number of aromatic nitrogens is 3. The van der Waals surface area contributed by atoms with E-state index in [1.807, 2.05) is 10.8 Å². The molecule has 2 aromatic rings. The Morgan fingerprint density at radius 2 is 2.24 bits per heavy atom. The van der Waals surface area contributed by atoms with Crippen molar-refractivity contribution < 1.29 is 18.3 Å². The van der Waals surface area contributed by atoms with Gasteiger partial charge in [-0.25, -0.2) is 18.7 Å².